The Hall–Kier alpha value is -1.77. The highest BCUT2D eigenvalue weighted by molar-refractivity contribution is 7.32. The summed E-state index contributed by atoms with van der Waals surface area (Å²) in [4.78, 5) is 14.8. The molecule has 0 spiro atoms. The minimum atomic E-state index is 0.0829. The number of nitriles is 2. The fourth-order valence-electron chi connectivity index (χ4n) is 2.76. The van der Waals surface area contributed by atoms with E-state index in [1.165, 1.54) is 0 Å². The first-order valence-electron chi connectivity index (χ1n) is 7.69. The first kappa shape index (κ1) is 18.3. The van der Waals surface area contributed by atoms with Crippen LogP contribution >= 0.6 is 8.19 Å². The maximum Gasteiger partial charge on any atom is 0.258 e. The van der Waals surface area contributed by atoms with Crippen LogP contribution in [-0.4, -0.2) is 22.9 Å². The average Bonchev–Trinajstić information content (AvgIpc) is 2.84. The van der Waals surface area contributed by atoms with Gasteiger partial charge in [-0.25, -0.2) is 0 Å². The third-order valence-corrected chi connectivity index (χ3v) is 4.93. The Morgan fingerprint density at radius 1 is 1.14 bits per heavy atom. The normalized spacial score (nSPS) is 10.9. The number of nitrogens with zero attached hydrogens (tertiary/aromatic N) is 3. The van der Waals surface area contributed by atoms with Crippen molar-refractivity contribution in [2.45, 2.75) is 65.5 Å². The molecule has 0 aliphatic rings. The van der Waals surface area contributed by atoms with Gasteiger partial charge in [-0.1, -0.05) is 0 Å². The molecule has 0 N–H and O–H groups in total. The number of carbonyl (C=O) groups excluding carboxylic acids is 1. The molecular formula is C17H24N3OP. The molecule has 5 heteroatoms. The predicted molar refractivity (Wildman–Crippen MR) is 90.3 cm³/mol. The van der Waals surface area contributed by atoms with Crippen LogP contribution in [0, 0.1) is 22.7 Å². The molecule has 1 amide bonds. The van der Waals surface area contributed by atoms with E-state index in [-0.39, 0.29) is 18.0 Å². The van der Waals surface area contributed by atoms with Crippen molar-refractivity contribution in [3.05, 3.63) is 22.2 Å². The van der Waals surface area contributed by atoms with E-state index < -0.39 is 0 Å². The molecule has 1 atom stereocenters. The Kier molecular flexibility index (Phi) is 7.16. The highest BCUT2D eigenvalue weighted by Gasteiger charge is 2.25. The SMILES string of the molecule is CC(C)N(C(=O)c1[pH]cc(CCC#N)c1CCC#N)C(C)C. The third kappa shape index (κ3) is 4.36. The molecule has 1 heterocycles. The molecule has 0 bridgehead atoms. The van der Waals surface area contributed by atoms with Gasteiger partial charge in [0.05, 0.1) is 17.4 Å². The minimum absolute atomic E-state index is 0.0829. The van der Waals surface area contributed by atoms with Gasteiger partial charge >= 0.3 is 0 Å². The maximum atomic E-state index is 12.9. The van der Waals surface area contributed by atoms with E-state index in [4.69, 9.17) is 10.5 Å². The standard InChI is InChI=1S/C17H24N3OP/c1-12(2)20(13(3)4)17(21)16-15(8-6-10-19)14(11-22-16)7-5-9-18/h11-13,22H,5-8H2,1-4H3. The second-order valence-electron chi connectivity index (χ2n) is 5.88. The van der Waals surface area contributed by atoms with Gasteiger partial charge in [-0.3, -0.25) is 4.79 Å². The molecule has 118 valence electrons. The Morgan fingerprint density at radius 2 is 1.68 bits per heavy atom. The molecule has 0 saturated heterocycles. The van der Waals surface area contributed by atoms with Crippen molar-refractivity contribution in [3.8, 4) is 12.1 Å². The number of hydrogen-bond acceptors (Lipinski definition) is 3. The monoisotopic (exact) mass is 317 g/mol. The van der Waals surface area contributed by atoms with Crippen LogP contribution < -0.4 is 0 Å². The first-order valence-corrected chi connectivity index (χ1v) is 8.77. The number of hydrogen-bond donors (Lipinski definition) is 0. The molecule has 0 radical (unpaired) electrons. The fourth-order valence-corrected chi connectivity index (χ4v) is 4.11. The van der Waals surface area contributed by atoms with Crippen LogP contribution in [0.5, 0.6) is 0 Å². The van der Waals surface area contributed by atoms with Crippen LogP contribution in [0.3, 0.4) is 0 Å². The van der Waals surface area contributed by atoms with Crippen LogP contribution in [0.15, 0.2) is 5.80 Å². The molecule has 22 heavy (non-hydrogen) atoms. The Morgan fingerprint density at radius 3 is 2.18 bits per heavy atom. The average molecular weight is 317 g/mol. The molecule has 0 aliphatic heterocycles. The number of rotatable bonds is 7. The van der Waals surface area contributed by atoms with Gasteiger partial charge in [-0.15, -0.1) is 8.19 Å². The van der Waals surface area contributed by atoms with Gasteiger partial charge in [0, 0.05) is 24.9 Å². The Balaban J connectivity index is 3.17. The second-order valence-corrected chi connectivity index (χ2v) is 6.96. The maximum absolute atomic E-state index is 12.9. The molecule has 0 aliphatic carbocycles. The summed E-state index contributed by atoms with van der Waals surface area (Å²) in [6.45, 7) is 8.09. The van der Waals surface area contributed by atoms with E-state index >= 15 is 0 Å². The van der Waals surface area contributed by atoms with Crippen LogP contribution in [0.25, 0.3) is 0 Å². The van der Waals surface area contributed by atoms with Crippen molar-refractivity contribution in [2.24, 2.45) is 0 Å². The molecule has 1 rings (SSSR count). The van der Waals surface area contributed by atoms with Gasteiger partial charge in [0.15, 0.2) is 0 Å². The number of amides is 1. The molecule has 1 aromatic heterocycles. The van der Waals surface area contributed by atoms with Gasteiger partial charge in [-0.2, -0.15) is 10.5 Å². The quantitative estimate of drug-likeness (QED) is 0.766. The second kappa shape index (κ2) is 8.62. The van der Waals surface area contributed by atoms with Crippen LogP contribution in [0.4, 0.5) is 0 Å². The van der Waals surface area contributed by atoms with Crippen LogP contribution in [0.1, 0.15) is 61.8 Å². The molecular weight excluding hydrogens is 293 g/mol. The first-order chi connectivity index (χ1) is 10.4. The van der Waals surface area contributed by atoms with Crippen molar-refractivity contribution in [1.29, 1.82) is 10.5 Å². The minimum Gasteiger partial charge on any atom is -0.334 e. The van der Waals surface area contributed by atoms with E-state index in [0.29, 0.717) is 33.9 Å². The van der Waals surface area contributed by atoms with Crippen LogP contribution in [0.2, 0.25) is 0 Å². The van der Waals surface area contributed by atoms with Crippen molar-refractivity contribution >= 4 is 14.1 Å². The van der Waals surface area contributed by atoms with E-state index in [1.807, 2.05) is 32.6 Å². The summed E-state index contributed by atoms with van der Waals surface area (Å²) in [5.41, 5.74) is 2.09. The molecule has 4 nitrogen and oxygen atoms in total. The third-order valence-electron chi connectivity index (χ3n) is 3.63. The smallest absolute Gasteiger partial charge is 0.258 e. The zero-order valence-electron chi connectivity index (χ0n) is 13.8. The van der Waals surface area contributed by atoms with Crippen molar-refractivity contribution < 1.29 is 4.79 Å². The molecule has 0 fully saturated rings. The zero-order chi connectivity index (χ0) is 16.7. The lowest BCUT2D eigenvalue weighted by atomic mass is 10.0. The summed E-state index contributed by atoms with van der Waals surface area (Å²) in [6, 6.07) is 4.60. The van der Waals surface area contributed by atoms with Crippen molar-refractivity contribution in [2.75, 3.05) is 0 Å². The number of aryl methyl sites for hydroxylation is 1. The molecule has 0 aromatic carbocycles. The molecule has 1 unspecified atom stereocenters. The van der Waals surface area contributed by atoms with E-state index in [0.717, 1.165) is 16.4 Å². The summed E-state index contributed by atoms with van der Waals surface area (Å²) >= 11 is 0. The van der Waals surface area contributed by atoms with Crippen molar-refractivity contribution in [3.63, 3.8) is 0 Å². The lowest BCUT2D eigenvalue weighted by molar-refractivity contribution is 0.0648. The summed E-state index contributed by atoms with van der Waals surface area (Å²) < 4.78 is 0. The van der Waals surface area contributed by atoms with Crippen molar-refractivity contribution in [1.82, 2.24) is 4.90 Å². The highest BCUT2D eigenvalue weighted by atomic mass is 31.0. The van der Waals surface area contributed by atoms with Gasteiger partial charge < -0.3 is 4.90 Å². The number of carbonyl (C=O) groups is 1. The fraction of sp³-hybridized carbons (Fsp3) is 0.588. The Bertz CT molecular complexity index is 582. The topological polar surface area (TPSA) is 67.9 Å². The van der Waals surface area contributed by atoms with E-state index in [2.05, 4.69) is 17.9 Å². The van der Waals surface area contributed by atoms with Gasteiger partial charge in [0.2, 0.25) is 0 Å². The lowest BCUT2D eigenvalue weighted by Gasteiger charge is -2.31. The summed E-state index contributed by atoms with van der Waals surface area (Å²) in [5, 5.41) is 18.5. The largest absolute Gasteiger partial charge is 0.334 e. The molecule has 1 aromatic rings. The van der Waals surface area contributed by atoms with Crippen LogP contribution in [-0.2, 0) is 12.8 Å². The van der Waals surface area contributed by atoms with Gasteiger partial charge in [-0.05, 0) is 57.5 Å². The van der Waals surface area contributed by atoms with E-state index in [9.17, 15) is 4.79 Å². The Labute approximate surface area is 134 Å². The van der Waals surface area contributed by atoms with E-state index in [1.54, 1.807) is 0 Å². The summed E-state index contributed by atoms with van der Waals surface area (Å²) in [7, 11) is 0.349. The predicted octanol–water partition coefficient (Wildman–Crippen LogP) is 3.89. The molecule has 0 saturated carbocycles. The van der Waals surface area contributed by atoms with Gasteiger partial charge in [0.25, 0.3) is 5.91 Å². The highest BCUT2D eigenvalue weighted by Crippen LogP contribution is 2.31. The zero-order valence-corrected chi connectivity index (χ0v) is 14.8. The summed E-state index contributed by atoms with van der Waals surface area (Å²) in [5.74, 6) is 2.16. The van der Waals surface area contributed by atoms with Gasteiger partial charge in [0.1, 0.15) is 0 Å². The lowest BCUT2D eigenvalue weighted by Crippen LogP contribution is -2.42. The summed E-state index contributed by atoms with van der Waals surface area (Å²) in [6.07, 6.45) is 2.13.